The van der Waals surface area contributed by atoms with Gasteiger partial charge in [0.05, 0.1) is 20.7 Å². The zero-order valence-corrected chi connectivity index (χ0v) is 27.6. The zero-order valence-electron chi connectivity index (χ0n) is 25.6. The minimum Gasteiger partial charge on any atom is -0.465 e. The molecule has 40 heavy (non-hydrogen) atoms. The summed E-state index contributed by atoms with van der Waals surface area (Å²) in [7, 11) is -2.33. The number of hydrogen-bond donors (Lipinski definition) is 0. The summed E-state index contributed by atoms with van der Waals surface area (Å²) in [6, 6.07) is 31.1. The maximum absolute atomic E-state index is 12.2. The molecule has 0 aliphatic rings. The van der Waals surface area contributed by atoms with Crippen molar-refractivity contribution in [2.45, 2.75) is 77.7 Å². The third-order valence-electron chi connectivity index (χ3n) is 8.13. The number of allylic oxidation sites excluding steroid dienone is 1. The fraction of sp³-hybridized carbons (Fsp3) is 0.400. The van der Waals surface area contributed by atoms with E-state index in [1.807, 2.05) is 12.1 Å². The Morgan fingerprint density at radius 2 is 1.25 bits per heavy atom. The van der Waals surface area contributed by atoms with Gasteiger partial charge in [0.25, 0.3) is 0 Å². The molecule has 0 radical (unpaired) electrons. The second kappa shape index (κ2) is 15.2. The van der Waals surface area contributed by atoms with Crippen LogP contribution in [0.3, 0.4) is 0 Å². The first-order valence-corrected chi connectivity index (χ1v) is 21.1. The summed E-state index contributed by atoms with van der Waals surface area (Å²) in [5.41, 5.74) is 3.14. The Morgan fingerprint density at radius 3 is 1.82 bits per heavy atom. The maximum atomic E-state index is 12.2. The van der Waals surface area contributed by atoms with Crippen LogP contribution < -0.4 is 10.4 Å². The number of benzene rings is 3. The van der Waals surface area contributed by atoms with Gasteiger partial charge >= 0.3 is 5.97 Å². The maximum Gasteiger partial charge on any atom is 0.337 e. The van der Waals surface area contributed by atoms with Gasteiger partial charge in [-0.05, 0) is 60.2 Å². The highest BCUT2D eigenvalue weighted by Crippen LogP contribution is 2.29. The fourth-order valence-corrected chi connectivity index (χ4v) is 10.5. The molecular weight excluding hydrogens is 523 g/mol. The van der Waals surface area contributed by atoms with Crippen LogP contribution in [0.5, 0.6) is 0 Å². The van der Waals surface area contributed by atoms with Crippen molar-refractivity contribution in [3.8, 4) is 0 Å². The summed E-state index contributed by atoms with van der Waals surface area (Å²) >= 11 is 0. The van der Waals surface area contributed by atoms with Gasteiger partial charge in [-0.3, -0.25) is 0 Å². The molecule has 0 aliphatic heterocycles. The highest BCUT2D eigenvalue weighted by molar-refractivity contribution is 6.91. The van der Waals surface area contributed by atoms with Crippen molar-refractivity contribution in [2.24, 2.45) is 0 Å². The van der Waals surface area contributed by atoms with E-state index in [0.29, 0.717) is 5.56 Å². The summed E-state index contributed by atoms with van der Waals surface area (Å²) in [6.45, 7) is 13.2. The average molecular weight is 572 g/mol. The first-order chi connectivity index (χ1) is 19.2. The van der Waals surface area contributed by atoms with Gasteiger partial charge in [0.15, 0.2) is 8.24 Å². The molecule has 0 amide bonds. The van der Waals surface area contributed by atoms with Gasteiger partial charge in [-0.2, -0.15) is 0 Å². The lowest BCUT2D eigenvalue weighted by atomic mass is 10.1. The Labute approximate surface area is 245 Å². The van der Waals surface area contributed by atoms with Gasteiger partial charge in [-0.25, -0.2) is 4.79 Å². The molecule has 0 fully saturated rings. The predicted molar refractivity (Wildman–Crippen MR) is 178 cm³/mol. The Hall–Kier alpha value is -2.90. The number of unbranched alkanes of at least 4 members (excludes halogenated alkanes) is 5. The smallest absolute Gasteiger partial charge is 0.337 e. The van der Waals surface area contributed by atoms with Crippen LogP contribution in [0.2, 0.25) is 32.2 Å². The molecule has 0 spiro atoms. The number of carbonyl (C=O) groups excluding carboxylic acids is 1. The van der Waals surface area contributed by atoms with E-state index < -0.39 is 16.3 Å². The third kappa shape index (κ3) is 8.80. The number of rotatable bonds is 15. The molecule has 3 aromatic rings. The largest absolute Gasteiger partial charge is 0.465 e. The van der Waals surface area contributed by atoms with Crippen molar-refractivity contribution < 1.29 is 9.53 Å². The molecule has 0 aromatic heterocycles. The van der Waals surface area contributed by atoms with Gasteiger partial charge in [0.2, 0.25) is 0 Å². The lowest BCUT2D eigenvalue weighted by Gasteiger charge is -2.38. The molecule has 0 atom stereocenters. The number of nitrogens with zero attached hydrogens (tertiary/aromatic N) is 1. The molecular formula is C35H49NO2Si2. The first-order valence-electron chi connectivity index (χ1n) is 15.0. The molecule has 0 unspecified atom stereocenters. The lowest BCUT2D eigenvalue weighted by molar-refractivity contribution is 0.0600. The Morgan fingerprint density at radius 1 is 0.725 bits per heavy atom. The van der Waals surface area contributed by atoms with Crippen LogP contribution in [-0.4, -0.2) is 40.5 Å². The number of hydrogen-bond acceptors (Lipinski definition) is 3. The molecule has 3 rings (SSSR count). The van der Waals surface area contributed by atoms with Gasteiger partial charge in [0, 0.05) is 6.54 Å². The molecule has 3 aromatic carbocycles. The highest BCUT2D eigenvalue weighted by atomic mass is 28.3. The first kappa shape index (κ1) is 31.6. The van der Waals surface area contributed by atoms with Gasteiger partial charge in [0.1, 0.15) is 0 Å². The van der Waals surface area contributed by atoms with Crippen LogP contribution in [0.4, 0.5) is 0 Å². The van der Waals surface area contributed by atoms with E-state index in [4.69, 9.17) is 4.74 Å². The minimum atomic E-state index is -1.97. The van der Waals surface area contributed by atoms with E-state index in [1.165, 1.54) is 67.1 Å². The van der Waals surface area contributed by atoms with E-state index >= 15 is 0 Å². The Kier molecular flexibility index (Phi) is 12.0. The van der Waals surface area contributed by atoms with Crippen molar-refractivity contribution in [3.63, 3.8) is 0 Å². The molecule has 0 bridgehead atoms. The number of methoxy groups -OCH3 is 1. The molecule has 0 N–H and O–H groups in total. The van der Waals surface area contributed by atoms with Crippen LogP contribution in [0.1, 0.15) is 61.4 Å². The van der Waals surface area contributed by atoms with Gasteiger partial charge < -0.3 is 9.30 Å². The van der Waals surface area contributed by atoms with Crippen molar-refractivity contribution >= 4 is 38.2 Å². The standard InChI is InChI=1S/C35H49NO2Si2/c1-7-8-9-10-11-18-27-36(40(5,6)34-21-16-13-17-22-34)28-32(29-39(3,4)33-19-14-12-15-20-33)30-23-25-31(26-24-30)35(37)38-2/h12-17,19-26,28H,7-11,18,27,29H2,1-6H3/b32-28-. The molecule has 0 saturated heterocycles. The lowest BCUT2D eigenvalue weighted by Crippen LogP contribution is -2.56. The molecule has 214 valence electrons. The molecule has 3 nitrogen and oxygen atoms in total. The normalized spacial score (nSPS) is 12.3. The van der Waals surface area contributed by atoms with E-state index in [2.05, 4.69) is 117 Å². The van der Waals surface area contributed by atoms with Gasteiger partial charge in [-0.1, -0.05) is 130 Å². The SMILES string of the molecule is CCCCCCCCN(/C=C(/C[Si](C)(C)c1ccccc1)c1ccc(C(=O)OC)cc1)[Si](C)(C)c1ccccc1. The topological polar surface area (TPSA) is 29.5 Å². The predicted octanol–water partition coefficient (Wildman–Crippen LogP) is 8.20. The number of carbonyl (C=O) groups is 1. The molecule has 0 aliphatic carbocycles. The van der Waals surface area contributed by atoms with Crippen molar-refractivity contribution in [2.75, 3.05) is 13.7 Å². The molecule has 0 heterocycles. The zero-order chi connectivity index (χ0) is 29.0. The van der Waals surface area contributed by atoms with E-state index in [0.717, 1.165) is 12.6 Å². The summed E-state index contributed by atoms with van der Waals surface area (Å²) in [5.74, 6) is -0.293. The van der Waals surface area contributed by atoms with Crippen LogP contribution in [-0.2, 0) is 4.74 Å². The summed E-state index contributed by atoms with van der Waals surface area (Å²) in [5, 5.41) is 2.92. The third-order valence-corrected chi connectivity index (χ3v) is 14.8. The number of esters is 1. The number of ether oxygens (including phenoxy) is 1. The second-order valence-electron chi connectivity index (χ2n) is 12.0. The fourth-order valence-electron chi connectivity index (χ4n) is 5.40. The Bertz CT molecular complexity index is 1210. The highest BCUT2D eigenvalue weighted by Gasteiger charge is 2.32. The van der Waals surface area contributed by atoms with Gasteiger partial charge in [-0.15, -0.1) is 0 Å². The van der Waals surface area contributed by atoms with Crippen LogP contribution >= 0.6 is 0 Å². The average Bonchev–Trinajstić information content (AvgIpc) is 2.98. The molecule has 5 heteroatoms. The van der Waals surface area contributed by atoms with Crippen LogP contribution in [0.25, 0.3) is 5.57 Å². The summed E-state index contributed by atoms with van der Waals surface area (Å²) in [6.07, 6.45) is 10.2. The van der Waals surface area contributed by atoms with Crippen LogP contribution in [0, 0.1) is 0 Å². The Balaban J connectivity index is 2.03. The minimum absolute atomic E-state index is 0.293. The van der Waals surface area contributed by atoms with E-state index in [9.17, 15) is 4.79 Å². The monoisotopic (exact) mass is 571 g/mol. The quantitative estimate of drug-likeness (QED) is 0.105. The second-order valence-corrected chi connectivity index (χ2v) is 21.0. The summed E-state index contributed by atoms with van der Waals surface area (Å²) in [4.78, 5) is 12.2. The molecule has 0 saturated carbocycles. The van der Waals surface area contributed by atoms with E-state index in [-0.39, 0.29) is 5.97 Å². The van der Waals surface area contributed by atoms with Crippen LogP contribution in [0.15, 0.2) is 91.1 Å². The summed E-state index contributed by atoms with van der Waals surface area (Å²) < 4.78 is 7.67. The van der Waals surface area contributed by atoms with Crippen molar-refractivity contribution in [1.29, 1.82) is 0 Å². The van der Waals surface area contributed by atoms with Crippen molar-refractivity contribution in [1.82, 2.24) is 4.57 Å². The van der Waals surface area contributed by atoms with Crippen molar-refractivity contribution in [3.05, 3.63) is 102 Å². The van der Waals surface area contributed by atoms with E-state index in [1.54, 1.807) is 0 Å².